The standard InChI is InChI=1S/C28H36N2/c1-7-23(8-2)27(29-21(5)25-17-13-11-14-18-25)28(24(9-3)10-4)30-22(6)26-19-15-12-16-20-26/h7-24,27-30H,1-4H2,5-6H3/t21-,22-,27+,28+/m0/s1. The van der Waals surface area contributed by atoms with Crippen molar-refractivity contribution >= 4 is 0 Å². The van der Waals surface area contributed by atoms with Gasteiger partial charge in [-0.3, -0.25) is 0 Å². The van der Waals surface area contributed by atoms with Crippen LogP contribution in [0.2, 0.25) is 0 Å². The summed E-state index contributed by atoms with van der Waals surface area (Å²) in [6.07, 6.45) is 7.86. The zero-order valence-corrected chi connectivity index (χ0v) is 18.4. The highest BCUT2D eigenvalue weighted by atomic mass is 15.1. The van der Waals surface area contributed by atoms with Gasteiger partial charge >= 0.3 is 0 Å². The molecule has 0 aromatic heterocycles. The van der Waals surface area contributed by atoms with E-state index in [1.165, 1.54) is 11.1 Å². The van der Waals surface area contributed by atoms with Gasteiger partial charge in [0, 0.05) is 36.0 Å². The van der Waals surface area contributed by atoms with Crippen LogP contribution in [0.3, 0.4) is 0 Å². The second kappa shape index (κ2) is 12.1. The van der Waals surface area contributed by atoms with E-state index in [2.05, 4.69) is 99.3 Å². The van der Waals surface area contributed by atoms with Crippen LogP contribution >= 0.6 is 0 Å². The van der Waals surface area contributed by atoms with Crippen molar-refractivity contribution in [3.8, 4) is 0 Å². The quantitative estimate of drug-likeness (QED) is 0.380. The van der Waals surface area contributed by atoms with Crippen molar-refractivity contribution in [1.82, 2.24) is 10.6 Å². The van der Waals surface area contributed by atoms with E-state index in [1.54, 1.807) is 0 Å². The smallest absolute Gasteiger partial charge is 0.0332 e. The molecule has 0 unspecified atom stereocenters. The van der Waals surface area contributed by atoms with Gasteiger partial charge in [-0.1, -0.05) is 85.0 Å². The normalized spacial score (nSPS) is 15.2. The van der Waals surface area contributed by atoms with E-state index in [0.717, 1.165) is 0 Å². The highest BCUT2D eigenvalue weighted by molar-refractivity contribution is 5.22. The third-order valence-corrected chi connectivity index (χ3v) is 5.79. The fraction of sp³-hybridized carbons (Fsp3) is 0.286. The van der Waals surface area contributed by atoms with E-state index in [1.807, 2.05) is 36.4 Å². The minimum atomic E-state index is 0.0577. The summed E-state index contributed by atoms with van der Waals surface area (Å²) in [6, 6.07) is 21.4. The molecular weight excluding hydrogens is 364 g/mol. The second-order valence-corrected chi connectivity index (χ2v) is 7.75. The molecular formula is C28H36N2. The molecule has 0 amide bonds. The van der Waals surface area contributed by atoms with Crippen LogP contribution in [-0.2, 0) is 0 Å². The summed E-state index contributed by atoms with van der Waals surface area (Å²) in [5.41, 5.74) is 2.50. The van der Waals surface area contributed by atoms with Gasteiger partial charge in [-0.25, -0.2) is 0 Å². The Hall–Kier alpha value is -2.68. The van der Waals surface area contributed by atoms with Crippen LogP contribution in [-0.4, -0.2) is 12.1 Å². The van der Waals surface area contributed by atoms with E-state index < -0.39 is 0 Å². The lowest BCUT2D eigenvalue weighted by Crippen LogP contribution is -2.55. The number of nitrogens with one attached hydrogen (secondary N) is 2. The highest BCUT2D eigenvalue weighted by Crippen LogP contribution is 2.25. The molecule has 2 aromatic rings. The molecule has 0 heterocycles. The van der Waals surface area contributed by atoms with Crippen LogP contribution in [0.4, 0.5) is 0 Å². The van der Waals surface area contributed by atoms with Crippen LogP contribution < -0.4 is 10.6 Å². The van der Waals surface area contributed by atoms with Crippen molar-refractivity contribution in [1.29, 1.82) is 0 Å². The number of hydrogen-bond acceptors (Lipinski definition) is 2. The predicted octanol–water partition coefficient (Wildman–Crippen LogP) is 6.40. The summed E-state index contributed by atoms with van der Waals surface area (Å²) >= 11 is 0. The molecule has 0 fully saturated rings. The molecule has 0 aliphatic rings. The van der Waals surface area contributed by atoms with Crippen LogP contribution in [0.1, 0.15) is 37.1 Å². The first-order valence-electron chi connectivity index (χ1n) is 10.7. The van der Waals surface area contributed by atoms with E-state index >= 15 is 0 Å². The summed E-state index contributed by atoms with van der Waals surface area (Å²) in [5.74, 6) is 0.165. The zero-order chi connectivity index (χ0) is 21.9. The monoisotopic (exact) mass is 400 g/mol. The molecule has 4 atom stereocenters. The molecule has 2 nitrogen and oxygen atoms in total. The minimum Gasteiger partial charge on any atom is -0.305 e. The SMILES string of the molecule is C=CC(C=C)[C@@H](N[C@@H](C)c1ccccc1)[C@H](N[C@@H](C)c1ccccc1)C(C=C)C=C. The third kappa shape index (κ3) is 6.16. The molecule has 2 N–H and O–H groups in total. The lowest BCUT2D eigenvalue weighted by atomic mass is 9.83. The maximum Gasteiger partial charge on any atom is 0.0332 e. The number of hydrogen-bond donors (Lipinski definition) is 2. The maximum absolute atomic E-state index is 4.07. The molecule has 0 aliphatic heterocycles. The van der Waals surface area contributed by atoms with Crippen molar-refractivity contribution in [2.45, 2.75) is 38.0 Å². The molecule has 158 valence electrons. The van der Waals surface area contributed by atoms with E-state index in [-0.39, 0.29) is 36.0 Å². The van der Waals surface area contributed by atoms with Gasteiger partial charge in [0.05, 0.1) is 0 Å². The first-order chi connectivity index (χ1) is 14.5. The summed E-state index contributed by atoms with van der Waals surface area (Å²) in [4.78, 5) is 0. The van der Waals surface area contributed by atoms with Crippen LogP contribution in [0.15, 0.2) is 111 Å². The van der Waals surface area contributed by atoms with Gasteiger partial charge in [0.1, 0.15) is 0 Å². The zero-order valence-electron chi connectivity index (χ0n) is 18.4. The molecule has 0 aliphatic carbocycles. The summed E-state index contributed by atoms with van der Waals surface area (Å²) in [5, 5.41) is 7.68. The van der Waals surface area contributed by atoms with Crippen LogP contribution in [0, 0.1) is 11.8 Å². The molecule has 0 saturated heterocycles. The fourth-order valence-corrected chi connectivity index (χ4v) is 3.94. The van der Waals surface area contributed by atoms with Crippen molar-refractivity contribution in [3.63, 3.8) is 0 Å². The first-order valence-corrected chi connectivity index (χ1v) is 10.7. The Labute approximate surface area is 183 Å². The Kier molecular flexibility index (Phi) is 9.53. The number of benzene rings is 2. The summed E-state index contributed by atoms with van der Waals surface area (Å²) < 4.78 is 0. The molecule has 2 heteroatoms. The Morgan fingerprint density at radius 1 is 0.567 bits per heavy atom. The second-order valence-electron chi connectivity index (χ2n) is 7.75. The van der Waals surface area contributed by atoms with E-state index in [9.17, 15) is 0 Å². The van der Waals surface area contributed by atoms with Gasteiger partial charge in [0.25, 0.3) is 0 Å². The van der Waals surface area contributed by atoms with E-state index in [0.29, 0.717) is 0 Å². The highest BCUT2D eigenvalue weighted by Gasteiger charge is 2.32. The van der Waals surface area contributed by atoms with Gasteiger partial charge in [-0.15, -0.1) is 26.3 Å². The lowest BCUT2D eigenvalue weighted by Gasteiger charge is -2.39. The topological polar surface area (TPSA) is 24.1 Å². The molecule has 0 spiro atoms. The largest absolute Gasteiger partial charge is 0.305 e. The van der Waals surface area contributed by atoms with Crippen molar-refractivity contribution in [2.75, 3.05) is 0 Å². The van der Waals surface area contributed by atoms with Gasteiger partial charge < -0.3 is 10.6 Å². The van der Waals surface area contributed by atoms with Crippen LogP contribution in [0.25, 0.3) is 0 Å². The summed E-state index contributed by atoms with van der Waals surface area (Å²) in [6.45, 7) is 20.7. The van der Waals surface area contributed by atoms with Gasteiger partial charge in [0.15, 0.2) is 0 Å². The summed E-state index contributed by atoms with van der Waals surface area (Å²) in [7, 11) is 0. The average molecular weight is 401 g/mol. The fourth-order valence-electron chi connectivity index (χ4n) is 3.94. The molecule has 0 saturated carbocycles. The van der Waals surface area contributed by atoms with Crippen molar-refractivity contribution in [3.05, 3.63) is 122 Å². The molecule has 30 heavy (non-hydrogen) atoms. The Morgan fingerprint density at radius 3 is 1.13 bits per heavy atom. The molecule has 0 radical (unpaired) electrons. The predicted molar refractivity (Wildman–Crippen MR) is 131 cm³/mol. The Balaban J connectivity index is 2.38. The Morgan fingerprint density at radius 2 is 0.867 bits per heavy atom. The van der Waals surface area contributed by atoms with Gasteiger partial charge in [-0.05, 0) is 25.0 Å². The van der Waals surface area contributed by atoms with Gasteiger partial charge in [-0.2, -0.15) is 0 Å². The lowest BCUT2D eigenvalue weighted by molar-refractivity contribution is 0.269. The minimum absolute atomic E-state index is 0.0577. The first kappa shape index (κ1) is 23.6. The van der Waals surface area contributed by atoms with Crippen molar-refractivity contribution in [2.24, 2.45) is 11.8 Å². The van der Waals surface area contributed by atoms with Crippen LogP contribution in [0.5, 0.6) is 0 Å². The van der Waals surface area contributed by atoms with Crippen molar-refractivity contribution < 1.29 is 0 Å². The number of rotatable bonds is 13. The van der Waals surface area contributed by atoms with Gasteiger partial charge in [0.2, 0.25) is 0 Å². The average Bonchev–Trinajstić information content (AvgIpc) is 2.80. The third-order valence-electron chi connectivity index (χ3n) is 5.79. The maximum atomic E-state index is 4.07. The van der Waals surface area contributed by atoms with E-state index in [4.69, 9.17) is 0 Å². The Bertz CT molecular complexity index is 710. The molecule has 0 bridgehead atoms. The molecule has 2 rings (SSSR count). The molecule has 2 aromatic carbocycles.